The molecule has 0 aliphatic heterocycles. The molecule has 0 heterocycles. The Morgan fingerprint density at radius 1 is 1.29 bits per heavy atom. The van der Waals surface area contributed by atoms with Crippen LogP contribution in [0, 0.1) is 11.2 Å². The van der Waals surface area contributed by atoms with Crippen LogP contribution in [0.3, 0.4) is 0 Å². The summed E-state index contributed by atoms with van der Waals surface area (Å²) in [6, 6.07) is 6.41. The molecule has 1 aromatic rings. The standard InChI is InChI=1S/C14H18FNO/c1-16(13-6-4-12(15)5-7-13)10-14(11-17)8-2-3-9-14/h4-7,11H,2-3,8-10H2,1H3. The molecule has 2 rings (SSSR count). The summed E-state index contributed by atoms with van der Waals surface area (Å²) in [5, 5.41) is 0. The zero-order valence-electron chi connectivity index (χ0n) is 10.2. The van der Waals surface area contributed by atoms with Crippen LogP contribution >= 0.6 is 0 Å². The molecule has 1 fully saturated rings. The fourth-order valence-corrected chi connectivity index (χ4v) is 2.65. The molecule has 1 aromatic carbocycles. The van der Waals surface area contributed by atoms with Crippen LogP contribution in [0.25, 0.3) is 0 Å². The first-order valence-electron chi connectivity index (χ1n) is 6.08. The summed E-state index contributed by atoms with van der Waals surface area (Å²) < 4.78 is 12.8. The Kier molecular flexibility index (Phi) is 3.46. The van der Waals surface area contributed by atoms with Crippen LogP contribution < -0.4 is 4.90 Å². The highest BCUT2D eigenvalue weighted by Gasteiger charge is 2.34. The Morgan fingerprint density at radius 2 is 1.88 bits per heavy atom. The quantitative estimate of drug-likeness (QED) is 0.748. The summed E-state index contributed by atoms with van der Waals surface area (Å²) in [5.74, 6) is -0.229. The van der Waals surface area contributed by atoms with Crippen molar-refractivity contribution in [1.29, 1.82) is 0 Å². The van der Waals surface area contributed by atoms with Crippen molar-refractivity contribution in [3.05, 3.63) is 30.1 Å². The molecular formula is C14H18FNO. The topological polar surface area (TPSA) is 20.3 Å². The minimum absolute atomic E-state index is 0.191. The molecule has 17 heavy (non-hydrogen) atoms. The van der Waals surface area contributed by atoms with Gasteiger partial charge in [-0.1, -0.05) is 12.8 Å². The van der Waals surface area contributed by atoms with Crippen molar-refractivity contribution >= 4 is 12.0 Å². The lowest BCUT2D eigenvalue weighted by Crippen LogP contribution is -2.34. The number of hydrogen-bond donors (Lipinski definition) is 0. The van der Waals surface area contributed by atoms with Gasteiger partial charge in [0.2, 0.25) is 0 Å². The van der Waals surface area contributed by atoms with Crippen LogP contribution in [-0.2, 0) is 4.79 Å². The largest absolute Gasteiger partial charge is 0.374 e. The van der Waals surface area contributed by atoms with Gasteiger partial charge >= 0.3 is 0 Å². The molecule has 92 valence electrons. The molecule has 0 atom stereocenters. The third kappa shape index (κ3) is 2.65. The number of anilines is 1. The minimum atomic E-state index is -0.229. The molecule has 0 bridgehead atoms. The molecule has 0 saturated heterocycles. The second kappa shape index (κ2) is 4.86. The van der Waals surface area contributed by atoms with E-state index < -0.39 is 0 Å². The van der Waals surface area contributed by atoms with Crippen LogP contribution in [0.5, 0.6) is 0 Å². The van der Waals surface area contributed by atoms with E-state index in [4.69, 9.17) is 0 Å². The lowest BCUT2D eigenvalue weighted by Gasteiger charge is -2.29. The van der Waals surface area contributed by atoms with Gasteiger partial charge in [-0.2, -0.15) is 0 Å². The lowest BCUT2D eigenvalue weighted by molar-refractivity contribution is -0.115. The van der Waals surface area contributed by atoms with E-state index in [9.17, 15) is 9.18 Å². The number of carbonyl (C=O) groups excluding carboxylic acids is 1. The van der Waals surface area contributed by atoms with Gasteiger partial charge in [0, 0.05) is 24.7 Å². The molecule has 0 amide bonds. The second-order valence-corrected chi connectivity index (χ2v) is 5.02. The maximum Gasteiger partial charge on any atom is 0.127 e. The van der Waals surface area contributed by atoms with E-state index in [-0.39, 0.29) is 11.2 Å². The molecule has 1 aliphatic rings. The van der Waals surface area contributed by atoms with Gasteiger partial charge < -0.3 is 9.69 Å². The lowest BCUT2D eigenvalue weighted by atomic mass is 9.87. The average molecular weight is 235 g/mol. The third-order valence-electron chi connectivity index (χ3n) is 3.67. The van der Waals surface area contributed by atoms with Crippen molar-refractivity contribution in [3.8, 4) is 0 Å². The molecule has 0 unspecified atom stereocenters. The first-order chi connectivity index (χ1) is 8.15. The van der Waals surface area contributed by atoms with E-state index in [0.717, 1.165) is 44.2 Å². The summed E-state index contributed by atoms with van der Waals surface area (Å²) in [6.07, 6.45) is 5.33. The predicted molar refractivity (Wildman–Crippen MR) is 66.6 cm³/mol. The van der Waals surface area contributed by atoms with Crippen molar-refractivity contribution in [3.63, 3.8) is 0 Å². The normalized spacial score (nSPS) is 18.0. The molecule has 0 radical (unpaired) electrons. The second-order valence-electron chi connectivity index (χ2n) is 5.02. The highest BCUT2D eigenvalue weighted by atomic mass is 19.1. The average Bonchev–Trinajstić information content (AvgIpc) is 2.79. The van der Waals surface area contributed by atoms with Gasteiger partial charge in [0.05, 0.1) is 0 Å². The maximum absolute atomic E-state index is 12.8. The van der Waals surface area contributed by atoms with Gasteiger partial charge in [0.25, 0.3) is 0 Å². The number of halogens is 1. The van der Waals surface area contributed by atoms with Crippen LogP contribution in [0.15, 0.2) is 24.3 Å². The summed E-state index contributed by atoms with van der Waals surface area (Å²) in [6.45, 7) is 0.724. The van der Waals surface area contributed by atoms with Gasteiger partial charge in [-0.25, -0.2) is 4.39 Å². The summed E-state index contributed by atoms with van der Waals surface area (Å²) in [5.41, 5.74) is 0.767. The van der Waals surface area contributed by atoms with E-state index in [1.54, 1.807) is 12.1 Å². The van der Waals surface area contributed by atoms with Gasteiger partial charge in [-0.3, -0.25) is 0 Å². The fourth-order valence-electron chi connectivity index (χ4n) is 2.65. The van der Waals surface area contributed by atoms with Crippen LogP contribution in [0.4, 0.5) is 10.1 Å². The Balaban J connectivity index is 2.07. The highest BCUT2D eigenvalue weighted by Crippen LogP contribution is 2.37. The monoisotopic (exact) mass is 235 g/mol. The minimum Gasteiger partial charge on any atom is -0.374 e. The first-order valence-corrected chi connectivity index (χ1v) is 6.08. The van der Waals surface area contributed by atoms with E-state index in [2.05, 4.69) is 0 Å². The van der Waals surface area contributed by atoms with Gasteiger partial charge in [0.15, 0.2) is 0 Å². The van der Waals surface area contributed by atoms with Gasteiger partial charge in [-0.15, -0.1) is 0 Å². The van der Waals surface area contributed by atoms with Crippen molar-refractivity contribution in [2.75, 3.05) is 18.5 Å². The first kappa shape index (κ1) is 12.1. The van der Waals surface area contributed by atoms with Crippen LogP contribution in [0.2, 0.25) is 0 Å². The zero-order valence-corrected chi connectivity index (χ0v) is 10.2. The third-order valence-corrected chi connectivity index (χ3v) is 3.67. The van der Waals surface area contributed by atoms with Gasteiger partial charge in [0.1, 0.15) is 12.1 Å². The SMILES string of the molecule is CN(CC1(C=O)CCCC1)c1ccc(F)cc1. The predicted octanol–water partition coefficient (Wildman–Crippen LogP) is 3.02. The summed E-state index contributed by atoms with van der Waals surface area (Å²) >= 11 is 0. The summed E-state index contributed by atoms with van der Waals surface area (Å²) in [7, 11) is 1.96. The zero-order chi connectivity index (χ0) is 12.3. The van der Waals surface area contributed by atoms with E-state index >= 15 is 0 Å². The van der Waals surface area contributed by atoms with E-state index in [0.29, 0.717) is 0 Å². The molecular weight excluding hydrogens is 217 g/mol. The van der Waals surface area contributed by atoms with Crippen molar-refractivity contribution < 1.29 is 9.18 Å². The molecule has 3 heteroatoms. The number of aldehydes is 1. The molecule has 0 aromatic heterocycles. The number of carbonyl (C=O) groups is 1. The van der Waals surface area contributed by atoms with Crippen LogP contribution in [0.1, 0.15) is 25.7 Å². The van der Waals surface area contributed by atoms with Crippen LogP contribution in [-0.4, -0.2) is 19.9 Å². The highest BCUT2D eigenvalue weighted by molar-refractivity contribution is 5.62. The number of hydrogen-bond acceptors (Lipinski definition) is 2. The van der Waals surface area contributed by atoms with Gasteiger partial charge in [-0.05, 0) is 37.1 Å². The molecule has 0 N–H and O–H groups in total. The van der Waals surface area contributed by atoms with Crippen molar-refractivity contribution in [1.82, 2.24) is 0 Å². The Morgan fingerprint density at radius 3 is 2.41 bits per heavy atom. The Hall–Kier alpha value is -1.38. The Bertz CT molecular complexity index is 382. The molecule has 1 saturated carbocycles. The smallest absolute Gasteiger partial charge is 0.127 e. The van der Waals surface area contributed by atoms with E-state index in [1.165, 1.54) is 12.1 Å². The number of nitrogens with zero attached hydrogens (tertiary/aromatic N) is 1. The summed E-state index contributed by atoms with van der Waals surface area (Å²) in [4.78, 5) is 13.3. The fraction of sp³-hybridized carbons (Fsp3) is 0.500. The van der Waals surface area contributed by atoms with Crippen molar-refractivity contribution in [2.24, 2.45) is 5.41 Å². The number of benzene rings is 1. The maximum atomic E-state index is 12.8. The van der Waals surface area contributed by atoms with E-state index in [1.807, 2.05) is 11.9 Å². The Labute approximate surface area is 101 Å². The van der Waals surface area contributed by atoms with Crippen molar-refractivity contribution in [2.45, 2.75) is 25.7 Å². The molecule has 2 nitrogen and oxygen atoms in total. The molecule has 0 spiro atoms. The molecule has 1 aliphatic carbocycles. The number of rotatable bonds is 4.